The van der Waals surface area contributed by atoms with Crippen molar-refractivity contribution in [1.29, 1.82) is 5.26 Å². The standard InChI is InChI=1S/C20H24ClN3O/c1-23(2)15-18-12-19(21)8-9-20(18)25-11-10-24(3)14-17-6-4-16(13-22)5-7-17/h4-9,12H,10-11,14-15H2,1-3H3. The van der Waals surface area contributed by atoms with Gasteiger partial charge in [0.15, 0.2) is 0 Å². The van der Waals surface area contributed by atoms with E-state index in [1.165, 1.54) is 5.56 Å². The van der Waals surface area contributed by atoms with E-state index in [2.05, 4.69) is 22.9 Å². The van der Waals surface area contributed by atoms with E-state index in [0.717, 1.165) is 36.0 Å². The quantitative estimate of drug-likeness (QED) is 0.720. The number of hydrogen-bond donors (Lipinski definition) is 0. The highest BCUT2D eigenvalue weighted by Gasteiger charge is 2.07. The molecule has 132 valence electrons. The zero-order valence-corrected chi connectivity index (χ0v) is 15.8. The molecule has 0 N–H and O–H groups in total. The molecule has 0 amide bonds. The van der Waals surface area contributed by atoms with Gasteiger partial charge in [-0.25, -0.2) is 0 Å². The Hall–Kier alpha value is -2.06. The molecule has 0 aromatic heterocycles. The molecular weight excluding hydrogens is 334 g/mol. The fourth-order valence-electron chi connectivity index (χ4n) is 2.54. The van der Waals surface area contributed by atoms with Crippen LogP contribution in [0.4, 0.5) is 0 Å². The average molecular weight is 358 g/mol. The summed E-state index contributed by atoms with van der Waals surface area (Å²) in [6.07, 6.45) is 0. The van der Waals surface area contributed by atoms with Crippen LogP contribution in [0.1, 0.15) is 16.7 Å². The number of likely N-dealkylation sites (N-methyl/N-ethyl adjacent to an activating group) is 1. The number of rotatable bonds is 8. The molecule has 5 heteroatoms. The van der Waals surface area contributed by atoms with Crippen LogP contribution in [0.3, 0.4) is 0 Å². The van der Waals surface area contributed by atoms with Gasteiger partial charge < -0.3 is 9.64 Å². The Labute approximate surface area is 155 Å². The molecule has 0 atom stereocenters. The van der Waals surface area contributed by atoms with Crippen LogP contribution >= 0.6 is 11.6 Å². The maximum absolute atomic E-state index is 8.84. The Bertz CT molecular complexity index is 723. The number of halogens is 1. The van der Waals surface area contributed by atoms with E-state index < -0.39 is 0 Å². The van der Waals surface area contributed by atoms with Crippen molar-refractivity contribution in [3.8, 4) is 11.8 Å². The van der Waals surface area contributed by atoms with E-state index in [-0.39, 0.29) is 0 Å². The number of ether oxygens (including phenoxy) is 1. The third-order valence-corrected chi connectivity index (χ3v) is 4.01. The van der Waals surface area contributed by atoms with Gasteiger partial charge in [0, 0.05) is 30.2 Å². The monoisotopic (exact) mass is 357 g/mol. The lowest BCUT2D eigenvalue weighted by molar-refractivity contribution is 0.229. The molecule has 0 aliphatic rings. The first kappa shape index (κ1) is 19.3. The molecular formula is C20H24ClN3O. The van der Waals surface area contributed by atoms with Gasteiger partial charge in [0.2, 0.25) is 0 Å². The summed E-state index contributed by atoms with van der Waals surface area (Å²) in [5.41, 5.74) is 2.96. The van der Waals surface area contributed by atoms with Crippen molar-refractivity contribution >= 4 is 11.6 Å². The van der Waals surface area contributed by atoms with Crippen molar-refractivity contribution in [2.45, 2.75) is 13.1 Å². The highest BCUT2D eigenvalue weighted by atomic mass is 35.5. The molecule has 0 heterocycles. The number of nitrogens with zero attached hydrogens (tertiary/aromatic N) is 3. The molecule has 0 radical (unpaired) electrons. The van der Waals surface area contributed by atoms with E-state index in [9.17, 15) is 0 Å². The van der Waals surface area contributed by atoms with Crippen molar-refractivity contribution < 1.29 is 4.74 Å². The summed E-state index contributed by atoms with van der Waals surface area (Å²) in [6, 6.07) is 15.6. The van der Waals surface area contributed by atoms with Gasteiger partial charge in [-0.3, -0.25) is 4.90 Å². The minimum absolute atomic E-state index is 0.606. The fraction of sp³-hybridized carbons (Fsp3) is 0.350. The first-order chi connectivity index (χ1) is 12.0. The van der Waals surface area contributed by atoms with E-state index in [1.54, 1.807) is 0 Å². The van der Waals surface area contributed by atoms with Crippen molar-refractivity contribution in [2.75, 3.05) is 34.3 Å². The van der Waals surface area contributed by atoms with Crippen molar-refractivity contribution in [3.63, 3.8) is 0 Å². The van der Waals surface area contributed by atoms with E-state index in [0.29, 0.717) is 12.2 Å². The summed E-state index contributed by atoms with van der Waals surface area (Å²) in [6.45, 7) is 3.02. The molecule has 0 unspecified atom stereocenters. The largest absolute Gasteiger partial charge is 0.492 e. The van der Waals surface area contributed by atoms with Crippen LogP contribution < -0.4 is 4.74 Å². The maximum Gasteiger partial charge on any atom is 0.123 e. The van der Waals surface area contributed by atoms with Gasteiger partial charge in [-0.05, 0) is 57.0 Å². The third kappa shape index (κ3) is 6.39. The number of benzene rings is 2. The van der Waals surface area contributed by atoms with Crippen LogP contribution in [-0.2, 0) is 13.1 Å². The molecule has 25 heavy (non-hydrogen) atoms. The van der Waals surface area contributed by atoms with Gasteiger partial charge in [0.25, 0.3) is 0 Å². The van der Waals surface area contributed by atoms with Crippen LogP contribution in [0, 0.1) is 11.3 Å². The average Bonchev–Trinajstić information content (AvgIpc) is 2.57. The van der Waals surface area contributed by atoms with Gasteiger partial charge in [-0.15, -0.1) is 0 Å². The van der Waals surface area contributed by atoms with Gasteiger partial charge in [-0.1, -0.05) is 23.7 Å². The molecule has 0 aliphatic carbocycles. The van der Waals surface area contributed by atoms with Crippen LogP contribution in [-0.4, -0.2) is 44.1 Å². The maximum atomic E-state index is 8.84. The summed E-state index contributed by atoms with van der Waals surface area (Å²) in [4.78, 5) is 4.29. The SMILES string of the molecule is CN(C)Cc1cc(Cl)ccc1OCCN(C)Cc1ccc(C#N)cc1. The lowest BCUT2D eigenvalue weighted by Crippen LogP contribution is -2.24. The molecule has 0 saturated heterocycles. The van der Waals surface area contributed by atoms with Crippen molar-refractivity contribution in [1.82, 2.24) is 9.80 Å². The zero-order valence-electron chi connectivity index (χ0n) is 15.0. The van der Waals surface area contributed by atoms with Crippen LogP contribution in [0.5, 0.6) is 5.75 Å². The summed E-state index contributed by atoms with van der Waals surface area (Å²) in [5, 5.41) is 9.56. The predicted octanol–water partition coefficient (Wildman–Crippen LogP) is 3.78. The molecule has 4 nitrogen and oxygen atoms in total. The second-order valence-corrected chi connectivity index (χ2v) is 6.82. The summed E-state index contributed by atoms with van der Waals surface area (Å²) in [5.74, 6) is 0.880. The van der Waals surface area contributed by atoms with Crippen molar-refractivity contribution in [2.24, 2.45) is 0 Å². The lowest BCUT2D eigenvalue weighted by Gasteiger charge is -2.19. The van der Waals surface area contributed by atoms with Crippen molar-refractivity contribution in [3.05, 3.63) is 64.2 Å². The predicted molar refractivity (Wildman–Crippen MR) is 102 cm³/mol. The van der Waals surface area contributed by atoms with Crippen LogP contribution in [0.25, 0.3) is 0 Å². The molecule has 0 spiro atoms. The smallest absolute Gasteiger partial charge is 0.123 e. The Kier molecular flexibility index (Phi) is 7.27. The zero-order chi connectivity index (χ0) is 18.2. The van der Waals surface area contributed by atoms with E-state index >= 15 is 0 Å². The Morgan fingerprint density at radius 3 is 2.40 bits per heavy atom. The summed E-state index contributed by atoms with van der Waals surface area (Å²) >= 11 is 6.09. The third-order valence-electron chi connectivity index (χ3n) is 3.78. The Morgan fingerprint density at radius 2 is 1.76 bits per heavy atom. The first-order valence-corrected chi connectivity index (χ1v) is 8.59. The molecule has 0 aliphatic heterocycles. The molecule has 0 fully saturated rings. The van der Waals surface area contributed by atoms with E-state index in [1.807, 2.05) is 56.6 Å². The molecule has 0 bridgehead atoms. The second-order valence-electron chi connectivity index (χ2n) is 6.38. The normalized spacial score (nSPS) is 10.9. The molecule has 0 saturated carbocycles. The first-order valence-electron chi connectivity index (χ1n) is 8.21. The summed E-state index contributed by atoms with van der Waals surface area (Å²) < 4.78 is 5.97. The Balaban J connectivity index is 1.86. The number of nitriles is 1. The van der Waals surface area contributed by atoms with Gasteiger partial charge in [-0.2, -0.15) is 5.26 Å². The number of hydrogen-bond acceptors (Lipinski definition) is 4. The van der Waals surface area contributed by atoms with E-state index in [4.69, 9.17) is 21.6 Å². The highest BCUT2D eigenvalue weighted by molar-refractivity contribution is 6.30. The second kappa shape index (κ2) is 9.43. The van der Waals surface area contributed by atoms with Crippen LogP contribution in [0.15, 0.2) is 42.5 Å². The Morgan fingerprint density at radius 1 is 1.04 bits per heavy atom. The summed E-state index contributed by atoms with van der Waals surface area (Å²) in [7, 11) is 6.11. The highest BCUT2D eigenvalue weighted by Crippen LogP contribution is 2.24. The molecule has 2 rings (SSSR count). The topological polar surface area (TPSA) is 39.5 Å². The van der Waals surface area contributed by atoms with Gasteiger partial charge in [0.05, 0.1) is 11.6 Å². The minimum atomic E-state index is 0.606. The minimum Gasteiger partial charge on any atom is -0.492 e. The fourth-order valence-corrected chi connectivity index (χ4v) is 2.73. The van der Waals surface area contributed by atoms with Crippen LogP contribution in [0.2, 0.25) is 5.02 Å². The van der Waals surface area contributed by atoms with Gasteiger partial charge in [0.1, 0.15) is 12.4 Å². The molecule has 2 aromatic rings. The lowest BCUT2D eigenvalue weighted by atomic mass is 10.1. The molecule has 2 aromatic carbocycles. The van der Waals surface area contributed by atoms with Gasteiger partial charge >= 0.3 is 0 Å².